The molecule has 0 aromatic carbocycles. The Morgan fingerprint density at radius 3 is 3.00 bits per heavy atom. The molecule has 1 N–H and O–H groups in total. The Balaban J connectivity index is 1.74. The predicted octanol–water partition coefficient (Wildman–Crippen LogP) is 2.57. The number of furan rings is 1. The van der Waals surface area contributed by atoms with Gasteiger partial charge in [0.25, 0.3) is 0 Å². The van der Waals surface area contributed by atoms with Crippen LogP contribution in [0.25, 0.3) is 0 Å². The van der Waals surface area contributed by atoms with E-state index in [1.807, 2.05) is 23.6 Å². The highest BCUT2D eigenvalue weighted by molar-refractivity contribution is 7.10. The Hall–Kier alpha value is -2.08. The third-order valence-electron chi connectivity index (χ3n) is 4.05. The summed E-state index contributed by atoms with van der Waals surface area (Å²) in [5, 5.41) is 4.89. The lowest BCUT2D eigenvalue weighted by atomic mass is 9.87. The molecule has 1 saturated heterocycles. The monoisotopic (exact) mass is 318 g/mol. The smallest absolute Gasteiger partial charge is 0.225 e. The van der Waals surface area contributed by atoms with Crippen LogP contribution in [0.2, 0.25) is 0 Å². The van der Waals surface area contributed by atoms with Crippen LogP contribution in [0.15, 0.2) is 40.3 Å². The lowest BCUT2D eigenvalue weighted by Crippen LogP contribution is -2.45. The van der Waals surface area contributed by atoms with E-state index in [4.69, 9.17) is 4.42 Å². The van der Waals surface area contributed by atoms with E-state index >= 15 is 0 Å². The summed E-state index contributed by atoms with van der Waals surface area (Å²) in [6.07, 6.45) is 2.58. The van der Waals surface area contributed by atoms with Crippen molar-refractivity contribution < 1.29 is 14.0 Å². The van der Waals surface area contributed by atoms with Gasteiger partial charge in [-0.05, 0) is 30.0 Å². The Labute approximate surface area is 132 Å². The Kier molecular flexibility index (Phi) is 4.29. The van der Waals surface area contributed by atoms with E-state index in [1.165, 1.54) is 0 Å². The summed E-state index contributed by atoms with van der Waals surface area (Å²) in [5.74, 6) is 0.556. The molecule has 0 radical (unpaired) electrons. The van der Waals surface area contributed by atoms with Gasteiger partial charge < -0.3 is 14.6 Å². The molecule has 0 unspecified atom stereocenters. The molecular formula is C16H18N2O3S. The molecule has 2 aromatic rings. The highest BCUT2D eigenvalue weighted by atomic mass is 32.1. The van der Waals surface area contributed by atoms with Crippen molar-refractivity contribution in [2.24, 2.45) is 5.92 Å². The Morgan fingerprint density at radius 1 is 1.45 bits per heavy atom. The molecule has 1 aliphatic rings. The zero-order chi connectivity index (χ0) is 15.5. The van der Waals surface area contributed by atoms with Crippen LogP contribution >= 0.6 is 11.3 Å². The zero-order valence-electron chi connectivity index (χ0n) is 12.3. The number of hydrogen-bond donors (Lipinski definition) is 1. The molecule has 2 aromatic heterocycles. The maximum Gasteiger partial charge on any atom is 0.225 e. The van der Waals surface area contributed by atoms with Crippen molar-refractivity contribution in [1.29, 1.82) is 0 Å². The van der Waals surface area contributed by atoms with Crippen LogP contribution in [-0.4, -0.2) is 23.8 Å². The van der Waals surface area contributed by atoms with E-state index in [1.54, 1.807) is 35.6 Å². The molecule has 116 valence electrons. The SMILES string of the molecule is CN1C(=O)CC[C@@H](C(=O)NCc2ccco2)[C@H]1c1cccs1. The molecule has 0 spiro atoms. The molecule has 1 aliphatic heterocycles. The van der Waals surface area contributed by atoms with Crippen LogP contribution < -0.4 is 5.32 Å². The maximum absolute atomic E-state index is 12.6. The molecule has 6 heteroatoms. The van der Waals surface area contributed by atoms with Crippen LogP contribution in [0.5, 0.6) is 0 Å². The number of thiophene rings is 1. The molecule has 1 fully saturated rings. The molecule has 0 saturated carbocycles. The van der Waals surface area contributed by atoms with E-state index < -0.39 is 0 Å². The van der Waals surface area contributed by atoms with Crippen molar-refractivity contribution in [1.82, 2.24) is 10.2 Å². The molecule has 0 bridgehead atoms. The molecule has 0 aliphatic carbocycles. The molecule has 5 nitrogen and oxygen atoms in total. The van der Waals surface area contributed by atoms with Crippen LogP contribution in [0.4, 0.5) is 0 Å². The summed E-state index contributed by atoms with van der Waals surface area (Å²) in [5.41, 5.74) is 0. The zero-order valence-corrected chi connectivity index (χ0v) is 13.1. The standard InChI is InChI=1S/C16H18N2O3S/c1-18-14(19)7-6-12(15(18)13-5-3-9-22-13)16(20)17-10-11-4-2-8-21-11/h2-5,8-9,12,15H,6-7,10H2,1H3,(H,17,20)/t12-,15+/m1/s1. The van der Waals surface area contributed by atoms with Gasteiger partial charge in [-0.15, -0.1) is 11.3 Å². The maximum atomic E-state index is 12.6. The van der Waals surface area contributed by atoms with Crippen molar-refractivity contribution >= 4 is 23.2 Å². The summed E-state index contributed by atoms with van der Waals surface area (Å²) < 4.78 is 5.23. The molecule has 3 rings (SSSR count). The van der Waals surface area contributed by atoms with E-state index in [9.17, 15) is 9.59 Å². The lowest BCUT2D eigenvalue weighted by Gasteiger charge is -2.37. The summed E-state index contributed by atoms with van der Waals surface area (Å²) in [4.78, 5) is 27.3. The Bertz CT molecular complexity index is 636. The number of carbonyl (C=O) groups is 2. The van der Waals surface area contributed by atoms with Gasteiger partial charge in [0.05, 0.1) is 24.8 Å². The first-order chi connectivity index (χ1) is 10.7. The number of nitrogens with zero attached hydrogens (tertiary/aromatic N) is 1. The summed E-state index contributed by atoms with van der Waals surface area (Å²) in [6, 6.07) is 7.37. The van der Waals surface area contributed by atoms with Crippen LogP contribution in [-0.2, 0) is 16.1 Å². The average molecular weight is 318 g/mol. The van der Waals surface area contributed by atoms with E-state index in [0.29, 0.717) is 19.4 Å². The van der Waals surface area contributed by atoms with Gasteiger partial charge in [-0.3, -0.25) is 9.59 Å². The van der Waals surface area contributed by atoms with Crippen LogP contribution in [0.3, 0.4) is 0 Å². The lowest BCUT2D eigenvalue weighted by molar-refractivity contribution is -0.141. The minimum atomic E-state index is -0.226. The van der Waals surface area contributed by atoms with Crippen molar-refractivity contribution in [3.63, 3.8) is 0 Å². The van der Waals surface area contributed by atoms with Gasteiger partial charge in [0.2, 0.25) is 11.8 Å². The quantitative estimate of drug-likeness (QED) is 0.942. The molecular weight excluding hydrogens is 300 g/mol. The summed E-state index contributed by atoms with van der Waals surface area (Å²) in [6.45, 7) is 0.372. The molecule has 2 amide bonds. The number of amides is 2. The normalized spacial score (nSPS) is 21.9. The highest BCUT2D eigenvalue weighted by Crippen LogP contribution is 2.37. The second kappa shape index (κ2) is 6.36. The van der Waals surface area contributed by atoms with Crippen molar-refractivity contribution in [2.75, 3.05) is 7.05 Å². The molecule has 2 atom stereocenters. The van der Waals surface area contributed by atoms with Gasteiger partial charge in [0.15, 0.2) is 0 Å². The van der Waals surface area contributed by atoms with Gasteiger partial charge >= 0.3 is 0 Å². The predicted molar refractivity (Wildman–Crippen MR) is 83.1 cm³/mol. The van der Waals surface area contributed by atoms with Gasteiger partial charge in [0.1, 0.15) is 5.76 Å². The first-order valence-corrected chi connectivity index (χ1v) is 8.14. The van der Waals surface area contributed by atoms with Gasteiger partial charge in [-0.1, -0.05) is 6.07 Å². The fourth-order valence-electron chi connectivity index (χ4n) is 2.88. The van der Waals surface area contributed by atoms with E-state index in [-0.39, 0.29) is 23.8 Å². The van der Waals surface area contributed by atoms with Gasteiger partial charge in [0, 0.05) is 18.3 Å². The number of nitrogens with one attached hydrogen (secondary N) is 1. The highest BCUT2D eigenvalue weighted by Gasteiger charge is 2.39. The van der Waals surface area contributed by atoms with Crippen molar-refractivity contribution in [3.05, 3.63) is 46.5 Å². The number of piperidine rings is 1. The third-order valence-corrected chi connectivity index (χ3v) is 4.99. The number of rotatable bonds is 4. The molecule has 3 heterocycles. The van der Waals surface area contributed by atoms with Crippen molar-refractivity contribution in [2.45, 2.75) is 25.4 Å². The fourth-order valence-corrected chi connectivity index (χ4v) is 3.81. The minimum Gasteiger partial charge on any atom is -0.467 e. The van der Waals surface area contributed by atoms with E-state index in [0.717, 1.165) is 10.6 Å². The van der Waals surface area contributed by atoms with Crippen molar-refractivity contribution in [3.8, 4) is 0 Å². The largest absolute Gasteiger partial charge is 0.467 e. The van der Waals surface area contributed by atoms with Gasteiger partial charge in [-0.2, -0.15) is 0 Å². The third kappa shape index (κ3) is 2.92. The van der Waals surface area contributed by atoms with Crippen LogP contribution in [0, 0.1) is 5.92 Å². The number of likely N-dealkylation sites (tertiary alicyclic amines) is 1. The Morgan fingerprint density at radius 2 is 2.32 bits per heavy atom. The van der Waals surface area contributed by atoms with Gasteiger partial charge in [-0.25, -0.2) is 0 Å². The topological polar surface area (TPSA) is 62.6 Å². The number of carbonyl (C=O) groups excluding carboxylic acids is 2. The second-order valence-corrected chi connectivity index (χ2v) is 6.39. The first kappa shape index (κ1) is 14.8. The fraction of sp³-hybridized carbons (Fsp3) is 0.375. The summed E-state index contributed by atoms with van der Waals surface area (Å²) >= 11 is 1.58. The molecule has 22 heavy (non-hydrogen) atoms. The number of hydrogen-bond acceptors (Lipinski definition) is 4. The van der Waals surface area contributed by atoms with Crippen LogP contribution in [0.1, 0.15) is 29.5 Å². The second-order valence-electron chi connectivity index (χ2n) is 5.41. The first-order valence-electron chi connectivity index (χ1n) is 7.26. The average Bonchev–Trinajstić information content (AvgIpc) is 3.20. The van der Waals surface area contributed by atoms with E-state index in [2.05, 4.69) is 5.32 Å². The summed E-state index contributed by atoms with van der Waals surface area (Å²) in [7, 11) is 1.78. The minimum absolute atomic E-state index is 0.0332.